The number of rotatable bonds is 55. The van der Waals surface area contributed by atoms with Crippen LogP contribution in [0.2, 0.25) is 0 Å². The fraction of sp³-hybridized carbons (Fsp3) is 0.716. The number of carbonyl (C=O) groups excluding carboxylic acids is 14. The predicted molar refractivity (Wildman–Crippen MR) is 543 cm³/mol. The van der Waals surface area contributed by atoms with Crippen molar-refractivity contribution < 1.29 is 144 Å². The van der Waals surface area contributed by atoms with Crippen molar-refractivity contribution in [1.29, 1.82) is 0 Å². The van der Waals surface area contributed by atoms with E-state index < -0.39 is 286 Å². The van der Waals surface area contributed by atoms with Crippen LogP contribution in [0.4, 0.5) is 0 Å². The van der Waals surface area contributed by atoms with Crippen LogP contribution in [0, 0.1) is 23.7 Å². The fourth-order valence-corrected chi connectivity index (χ4v) is 19.7. The zero-order valence-electron chi connectivity index (χ0n) is 86.8. The molecular formula is C102H166N18O29. The van der Waals surface area contributed by atoms with Gasteiger partial charge in [-0.2, -0.15) is 0 Å². The molecule has 0 aliphatic carbocycles. The maximum atomic E-state index is 15.2. The summed E-state index contributed by atoms with van der Waals surface area (Å²) in [6.45, 7) is 11.9. The molecule has 0 aromatic heterocycles. The Kier molecular flexibility index (Phi) is 52.5. The molecule has 5 heterocycles. The summed E-state index contributed by atoms with van der Waals surface area (Å²) in [6.07, 6.45) is -11.3. The van der Waals surface area contributed by atoms with E-state index in [0.29, 0.717) is 49.4 Å². The summed E-state index contributed by atoms with van der Waals surface area (Å²) in [5.41, 5.74) is 16.9. The minimum atomic E-state index is -2.41. The molecule has 0 bridgehead atoms. The number of nitrogens with zero attached hydrogens (tertiary/aromatic N) is 5. The van der Waals surface area contributed by atoms with Gasteiger partial charge in [-0.05, 0) is 143 Å². The number of aromatic hydroxyl groups is 2. The molecule has 2 aromatic rings. The number of hydrogen-bond donors (Lipinski definition) is 28. The lowest BCUT2D eigenvalue weighted by Crippen LogP contribution is -2.65. The van der Waals surface area contributed by atoms with Crippen LogP contribution in [-0.2, 0) is 67.1 Å². The van der Waals surface area contributed by atoms with E-state index in [4.69, 9.17) is 17.2 Å². The molecule has 838 valence electrons. The minimum Gasteiger partial charge on any atom is -0.508 e. The lowest BCUT2D eigenvalue weighted by Gasteiger charge is -2.35. The van der Waals surface area contributed by atoms with Gasteiger partial charge >= 0.3 is 0 Å². The van der Waals surface area contributed by atoms with Gasteiger partial charge in [0, 0.05) is 71.0 Å². The number of nitrogens with two attached hydrogens (primary N) is 3. The highest BCUT2D eigenvalue weighted by Crippen LogP contribution is 2.32. The molecule has 30 atom stereocenters. The highest BCUT2D eigenvalue weighted by molar-refractivity contribution is 6.01. The quantitative estimate of drug-likeness (QED) is 0.0220. The Hall–Kier alpha value is -10.6. The second kappa shape index (κ2) is 62.4. The molecule has 5 fully saturated rings. The van der Waals surface area contributed by atoms with E-state index in [1.54, 1.807) is 0 Å². The number of aliphatic hydroxyl groups excluding tert-OH is 13. The van der Waals surface area contributed by atoms with Gasteiger partial charge in [0.05, 0.1) is 61.5 Å². The largest absolute Gasteiger partial charge is 0.508 e. The Balaban J connectivity index is 1.22. The first kappa shape index (κ1) is 125. The Bertz CT molecular complexity index is 4680. The van der Waals surface area contributed by atoms with Gasteiger partial charge < -0.3 is 161 Å². The van der Waals surface area contributed by atoms with Crippen LogP contribution < -0.4 is 70.4 Å². The summed E-state index contributed by atoms with van der Waals surface area (Å²) >= 11 is 0. The number of amides is 14. The van der Waals surface area contributed by atoms with Gasteiger partial charge in [-0.25, -0.2) is 0 Å². The molecular weight excluding hydrogens is 1940 g/mol. The number of phenolic OH excluding ortho intramolecular Hbond substituents is 2. The van der Waals surface area contributed by atoms with Crippen molar-refractivity contribution in [3.05, 3.63) is 71.8 Å². The van der Waals surface area contributed by atoms with Crippen molar-refractivity contribution in [1.82, 2.24) is 72.8 Å². The number of aliphatic hydroxyl groups is 13. The number of β-amino-alcohol motifs (C(OH)–C–C–N with tert-alkyl or cyclic N) is 1. The summed E-state index contributed by atoms with van der Waals surface area (Å²) < 4.78 is 0. The lowest BCUT2D eigenvalue weighted by molar-refractivity contribution is -0.148. The minimum absolute atomic E-state index is 0.115. The molecule has 0 spiro atoms. The molecule has 5 saturated heterocycles. The molecule has 7 rings (SSSR count). The number of unbranched alkanes of at least 4 members (excludes halogenated alkanes) is 10. The maximum Gasteiger partial charge on any atom is 0.248 e. The van der Waals surface area contributed by atoms with Crippen molar-refractivity contribution in [2.75, 3.05) is 52.4 Å². The molecule has 0 saturated carbocycles. The summed E-state index contributed by atoms with van der Waals surface area (Å²) in [4.78, 5) is 213. The van der Waals surface area contributed by atoms with E-state index in [2.05, 4.69) is 99.7 Å². The molecule has 14 amide bonds. The third-order valence-electron chi connectivity index (χ3n) is 28.7. The number of fused-ring (bicyclic) bond motifs is 2. The Morgan fingerprint density at radius 3 is 1.60 bits per heavy atom. The number of allylic oxidation sites excluding steroid dienone is 1. The van der Waals surface area contributed by atoms with Crippen LogP contribution in [0.1, 0.15) is 252 Å². The second-order valence-electron chi connectivity index (χ2n) is 41.0. The van der Waals surface area contributed by atoms with Crippen molar-refractivity contribution in [3.8, 4) is 11.5 Å². The number of primary amides is 1. The lowest BCUT2D eigenvalue weighted by atomic mass is 9.91. The molecule has 31 N–H and O–H groups in total. The third-order valence-corrected chi connectivity index (χ3v) is 28.7. The normalized spacial score (nSPS) is 25.7. The predicted octanol–water partition coefficient (Wildman–Crippen LogP) is -4.21. The van der Waals surface area contributed by atoms with E-state index in [9.17, 15) is 120 Å². The van der Waals surface area contributed by atoms with Crippen LogP contribution in [0.5, 0.6) is 11.5 Å². The number of nitrogens with one attached hydrogen (secondary N) is 10. The van der Waals surface area contributed by atoms with Crippen molar-refractivity contribution in [3.63, 3.8) is 0 Å². The summed E-state index contributed by atoms with van der Waals surface area (Å²) in [5, 5.41) is 196. The number of hydrogen-bond acceptors (Lipinski definition) is 33. The Morgan fingerprint density at radius 2 is 1.03 bits per heavy atom. The Morgan fingerprint density at radius 1 is 0.510 bits per heavy atom. The van der Waals surface area contributed by atoms with E-state index in [0.717, 1.165) is 184 Å². The number of phenols is 2. The maximum absolute atomic E-state index is 15.2. The van der Waals surface area contributed by atoms with Gasteiger partial charge in [0.15, 0.2) is 0 Å². The first-order chi connectivity index (χ1) is 70.7. The summed E-state index contributed by atoms with van der Waals surface area (Å²) in [5.74, 6) is -14.9. The number of likely N-dealkylation sites (tertiary alicyclic amines) is 2. The van der Waals surface area contributed by atoms with E-state index >= 15 is 24.0 Å². The smallest absolute Gasteiger partial charge is 0.248 e. The SMILES string of the molecule is CCC(C)CC(C)CCCCCCCCC(=O)N[C@H]1C[C@@H](O)[C@@H](NCCN=C/C=C\[C@@H](NC(=O)CCCCCCCCC(C)CC(C)CC)C(=O)N[C@H](C(=O)N2C[C@H](O)C[C@H]2C(=O)N[C@H](C(=O)N[C@H](C(=O)N2CC[C@H](O)[C@H]2C(N)=O)[C@H](O)CCN)[C@H](O)[C@@H](O)c2ccc(O)cc2)[C@@H](C)O)NC(=O)[C@@H]2[C@@H](O)CCN2C(=O)[C@H]([C@H](O)CCN)NC(=O)[C@H]([C@H](O)[C@@H](O)c2ccc(O)cc2)NC(=O)[C@@H]2C[C@@H](O)CN2C(=O)[C@H]([C@@H](C)O)NC1=O. The molecule has 5 aliphatic heterocycles. The first-order valence-electron chi connectivity index (χ1n) is 52.6. The van der Waals surface area contributed by atoms with Gasteiger partial charge in [0.25, 0.3) is 0 Å². The standard InChI is InChI=1S/C102H166N18O29/c1-9-55(3)48-57(5)24-19-15-11-13-17-21-27-76(132)108-67(92(139)110-78(59(7)121)99(146)119-53-65(125)50-69(119)94(141)114-82(88(136)86(134)61-29-33-63(123)34-30-61)96(143)112-80(71(127)37-41-103)101(148)117-46-39-73(129)84(117)90(105)138)26-23-43-106-44-45-107-91-75(131)52-68(109-77(133)28-22-18-14-12-16-20-25-58(6)49-56(4)10-2)93(140)111-79(60(8)122)100(147)120-54-66(126)51-70(120)95(142)115-83(89(137)87(135)62-31-35-64(124)36-32-62)97(144)113-81(72(128)38-42-104)102(149)118-47-40-74(130)85(118)98(145)116-91/h23,26,29-36,43,55-60,65-75,78-89,91,107,121-131,134-137H,9-22,24-25,27-28,37-42,44-54,103-104H2,1-8H3,(H2,105,138)(H,108,132)(H,109,133)(H,110,139)(H,111,140)(H,112,143)(H,113,144)(H,114,141)(H,115,142)(H,116,145)/b26-23-,106-43?/t55?,56?,57?,58?,59-,60-,65-,66-,67-,68+,69+,70+,71-,72-,73+,74+,75-,78+,79+,80+,81+,82+,83+,84+,85+,86+,87+,88+,89+,91+/m1/s1. The van der Waals surface area contributed by atoms with Crippen LogP contribution in [-0.4, -0.2) is 383 Å². The van der Waals surface area contributed by atoms with Crippen molar-refractivity contribution in [2.45, 2.75) is 387 Å². The average molecular weight is 2110 g/mol. The second-order valence-corrected chi connectivity index (χ2v) is 41.0. The van der Waals surface area contributed by atoms with Crippen LogP contribution in [0.3, 0.4) is 0 Å². The van der Waals surface area contributed by atoms with E-state index in [-0.39, 0.29) is 87.5 Å². The number of carbonyl (C=O) groups is 14. The summed E-state index contributed by atoms with van der Waals surface area (Å²) in [7, 11) is 0. The average Bonchev–Trinajstić information content (AvgIpc) is 1.69. The molecule has 149 heavy (non-hydrogen) atoms. The molecule has 47 heteroatoms. The van der Waals surface area contributed by atoms with Crippen LogP contribution >= 0.6 is 0 Å². The van der Waals surface area contributed by atoms with E-state index in [1.165, 1.54) is 6.08 Å². The zero-order chi connectivity index (χ0) is 110. The highest BCUT2D eigenvalue weighted by Gasteiger charge is 2.53. The number of aliphatic imine (C=N–C) groups is 1. The third kappa shape index (κ3) is 38.0. The topological polar surface area (TPSA) is 766 Å². The van der Waals surface area contributed by atoms with Crippen LogP contribution in [0.25, 0.3) is 0 Å². The number of benzene rings is 2. The fourth-order valence-electron chi connectivity index (χ4n) is 19.7. The molecule has 0 radical (unpaired) electrons. The first-order valence-corrected chi connectivity index (χ1v) is 52.6. The van der Waals surface area contributed by atoms with Gasteiger partial charge in [0.2, 0.25) is 82.7 Å². The zero-order valence-corrected chi connectivity index (χ0v) is 86.8. The monoisotopic (exact) mass is 2110 g/mol. The Labute approximate surface area is 869 Å². The highest BCUT2D eigenvalue weighted by atomic mass is 16.3. The van der Waals surface area contributed by atoms with Crippen molar-refractivity contribution in [2.24, 2.45) is 45.9 Å². The van der Waals surface area contributed by atoms with Gasteiger partial charge in [0.1, 0.15) is 115 Å². The van der Waals surface area contributed by atoms with E-state index in [1.807, 2.05) is 0 Å². The van der Waals surface area contributed by atoms with Crippen LogP contribution in [0.15, 0.2) is 65.7 Å². The molecule has 5 aliphatic rings. The molecule has 4 unspecified atom stereocenters. The van der Waals surface area contributed by atoms with Gasteiger partial charge in [-0.1, -0.05) is 162 Å². The van der Waals surface area contributed by atoms with Crippen molar-refractivity contribution >= 4 is 88.9 Å². The molecule has 2 aromatic carbocycles. The summed E-state index contributed by atoms with van der Waals surface area (Å²) in [6, 6.07) is -14.8. The van der Waals surface area contributed by atoms with Gasteiger partial charge in [-0.15, -0.1) is 0 Å². The van der Waals surface area contributed by atoms with Gasteiger partial charge in [-0.3, -0.25) is 77.4 Å². The molecule has 47 nitrogen and oxygen atoms in total.